The van der Waals surface area contributed by atoms with E-state index in [-0.39, 0.29) is 6.79 Å². The lowest BCUT2D eigenvalue weighted by Crippen LogP contribution is -2.20. The van der Waals surface area contributed by atoms with Crippen LogP contribution in [0.2, 0.25) is 0 Å². The minimum Gasteiger partial charge on any atom is -0.493 e. The highest BCUT2D eigenvalue weighted by molar-refractivity contribution is 6.08. The summed E-state index contributed by atoms with van der Waals surface area (Å²) in [4.78, 5) is 12.7. The Labute approximate surface area is 204 Å². The fourth-order valence-electron chi connectivity index (χ4n) is 4.37. The zero-order valence-corrected chi connectivity index (χ0v) is 19.8. The number of ether oxygens (including phenoxy) is 5. The molecule has 2 aliphatic heterocycles. The third-order valence-electron chi connectivity index (χ3n) is 6.14. The van der Waals surface area contributed by atoms with Crippen molar-refractivity contribution in [2.24, 2.45) is 0 Å². The highest BCUT2D eigenvalue weighted by atomic mass is 16.7. The molecule has 7 nitrogen and oxygen atoms in total. The predicted molar refractivity (Wildman–Crippen MR) is 132 cm³/mol. The smallest absolute Gasteiger partial charge is 0.348 e. The second-order valence-electron chi connectivity index (χ2n) is 8.26. The van der Waals surface area contributed by atoms with Gasteiger partial charge in [-0.05, 0) is 73.0 Å². The van der Waals surface area contributed by atoms with Crippen LogP contribution in [0.25, 0.3) is 11.8 Å². The van der Waals surface area contributed by atoms with Gasteiger partial charge in [0.05, 0.1) is 14.2 Å². The molecule has 3 aromatic carbocycles. The Morgan fingerprint density at radius 2 is 1.71 bits per heavy atom. The normalized spacial score (nSPS) is 14.7. The molecule has 0 unspecified atom stereocenters. The average Bonchev–Trinajstić information content (AvgIpc) is 3.47. The molecule has 3 aromatic rings. The summed E-state index contributed by atoms with van der Waals surface area (Å²) in [6, 6.07) is 17.9. The van der Waals surface area contributed by atoms with E-state index in [4.69, 9.17) is 23.7 Å². The zero-order valence-electron chi connectivity index (χ0n) is 19.8. The second kappa shape index (κ2) is 10.1. The number of fused-ring (bicyclic) bond motifs is 2. The number of rotatable bonds is 9. The molecule has 0 bridgehead atoms. The van der Waals surface area contributed by atoms with Crippen molar-refractivity contribution in [3.05, 3.63) is 82.4 Å². The summed E-state index contributed by atoms with van der Waals surface area (Å²) in [5.74, 6) is 2.24. The number of hydrogen-bond donors (Lipinski definition) is 1. The number of cyclic esters (lactones) is 1. The molecule has 2 aliphatic rings. The Morgan fingerprint density at radius 1 is 0.943 bits per heavy atom. The number of esters is 1. The van der Waals surface area contributed by atoms with Gasteiger partial charge in [-0.3, -0.25) is 0 Å². The molecule has 0 radical (unpaired) electrons. The molecule has 0 fully saturated rings. The Hall–Kier alpha value is -3.97. The van der Waals surface area contributed by atoms with Gasteiger partial charge in [0.2, 0.25) is 6.79 Å². The van der Waals surface area contributed by atoms with Crippen molar-refractivity contribution in [1.29, 1.82) is 0 Å². The summed E-state index contributed by atoms with van der Waals surface area (Å²) in [5, 5.41) is 3.51. The minimum atomic E-state index is -0.466. The van der Waals surface area contributed by atoms with Crippen molar-refractivity contribution >= 4 is 17.8 Å². The first kappa shape index (κ1) is 22.8. The molecule has 7 heteroatoms. The van der Waals surface area contributed by atoms with Gasteiger partial charge in [-0.15, -0.1) is 0 Å². The van der Waals surface area contributed by atoms with Gasteiger partial charge in [0.1, 0.15) is 11.3 Å². The van der Waals surface area contributed by atoms with Crippen LogP contribution < -0.4 is 24.3 Å². The molecule has 0 saturated heterocycles. The maximum absolute atomic E-state index is 12.7. The van der Waals surface area contributed by atoms with Crippen LogP contribution in [0.5, 0.6) is 23.0 Å². The van der Waals surface area contributed by atoms with Gasteiger partial charge >= 0.3 is 5.97 Å². The monoisotopic (exact) mass is 473 g/mol. The number of nitrogens with one attached hydrogen (secondary N) is 1. The lowest BCUT2D eigenvalue weighted by molar-refractivity contribution is 0.0713. The van der Waals surface area contributed by atoms with Crippen molar-refractivity contribution in [3.63, 3.8) is 0 Å². The van der Waals surface area contributed by atoms with Crippen molar-refractivity contribution in [1.82, 2.24) is 5.32 Å². The fourth-order valence-corrected chi connectivity index (χ4v) is 4.37. The quantitative estimate of drug-likeness (QED) is 0.363. The van der Waals surface area contributed by atoms with Crippen LogP contribution in [0.3, 0.4) is 0 Å². The van der Waals surface area contributed by atoms with Gasteiger partial charge < -0.3 is 29.0 Å². The Balaban J connectivity index is 1.38. The highest BCUT2D eigenvalue weighted by Crippen LogP contribution is 2.43. The average molecular weight is 474 g/mol. The molecule has 5 rings (SSSR count). The van der Waals surface area contributed by atoms with E-state index in [2.05, 4.69) is 29.6 Å². The van der Waals surface area contributed by atoms with E-state index < -0.39 is 5.97 Å². The summed E-state index contributed by atoms with van der Waals surface area (Å²) in [5.41, 5.74) is 4.31. The van der Waals surface area contributed by atoms with Gasteiger partial charge in [-0.1, -0.05) is 30.3 Å². The molecule has 0 aromatic heterocycles. The molecular weight excluding hydrogens is 446 g/mol. The number of methoxy groups -OCH3 is 2. The summed E-state index contributed by atoms with van der Waals surface area (Å²) in [6.07, 6.45) is 3.62. The van der Waals surface area contributed by atoms with E-state index in [9.17, 15) is 4.79 Å². The number of benzene rings is 3. The van der Waals surface area contributed by atoms with E-state index in [1.54, 1.807) is 6.07 Å². The van der Waals surface area contributed by atoms with Crippen LogP contribution in [-0.4, -0.2) is 40.1 Å². The molecule has 180 valence electrons. The van der Waals surface area contributed by atoms with Crippen molar-refractivity contribution in [3.8, 4) is 23.0 Å². The fraction of sp³-hybridized carbons (Fsp3) is 0.250. The van der Waals surface area contributed by atoms with Crippen LogP contribution in [0.4, 0.5) is 0 Å². The SMILES string of the molecule is COc1ccc2c(c1OC)C(=O)O/C2=C\c1cc2c(cc1CCNCCc1ccccc1)OCO2. The van der Waals surface area contributed by atoms with Crippen LogP contribution in [0.1, 0.15) is 32.6 Å². The Bertz CT molecular complexity index is 1270. The molecule has 0 aliphatic carbocycles. The van der Waals surface area contributed by atoms with E-state index in [1.165, 1.54) is 19.8 Å². The Kier molecular flexibility index (Phi) is 6.59. The molecule has 35 heavy (non-hydrogen) atoms. The Morgan fingerprint density at radius 3 is 2.49 bits per heavy atom. The minimum absolute atomic E-state index is 0.193. The van der Waals surface area contributed by atoms with E-state index in [0.29, 0.717) is 34.1 Å². The lowest BCUT2D eigenvalue weighted by Gasteiger charge is -2.11. The second-order valence-corrected chi connectivity index (χ2v) is 8.26. The van der Waals surface area contributed by atoms with Crippen LogP contribution in [-0.2, 0) is 17.6 Å². The lowest BCUT2D eigenvalue weighted by atomic mass is 10.00. The first-order valence-corrected chi connectivity index (χ1v) is 11.5. The van der Waals surface area contributed by atoms with E-state index in [1.807, 2.05) is 30.3 Å². The van der Waals surface area contributed by atoms with Crippen LogP contribution in [0.15, 0.2) is 54.6 Å². The molecular formula is C28H27NO6. The van der Waals surface area contributed by atoms with E-state index in [0.717, 1.165) is 42.8 Å². The van der Waals surface area contributed by atoms with Gasteiger partial charge in [-0.25, -0.2) is 4.79 Å². The topological polar surface area (TPSA) is 75.3 Å². The summed E-state index contributed by atoms with van der Waals surface area (Å²) in [6.45, 7) is 1.88. The standard InChI is InChI=1S/C28H27NO6/c1-31-22-9-8-21-23(35-28(30)26(21)27(22)32-2)15-20-16-25-24(33-17-34-25)14-19(20)11-13-29-12-10-18-6-4-3-5-7-18/h3-9,14-16,29H,10-13,17H2,1-2H3/b23-15-. The van der Waals surface area contributed by atoms with Gasteiger partial charge in [0.25, 0.3) is 0 Å². The van der Waals surface area contributed by atoms with Gasteiger partial charge in [0, 0.05) is 5.56 Å². The molecule has 2 heterocycles. The van der Waals surface area contributed by atoms with Crippen molar-refractivity contribution in [2.75, 3.05) is 34.1 Å². The maximum Gasteiger partial charge on any atom is 0.348 e. The predicted octanol–water partition coefficient (Wildman–Crippen LogP) is 4.48. The van der Waals surface area contributed by atoms with Crippen molar-refractivity contribution in [2.45, 2.75) is 12.8 Å². The first-order chi connectivity index (χ1) is 17.2. The zero-order chi connectivity index (χ0) is 24.2. The molecule has 0 saturated carbocycles. The third-order valence-corrected chi connectivity index (χ3v) is 6.14. The summed E-state index contributed by atoms with van der Waals surface area (Å²) >= 11 is 0. The van der Waals surface area contributed by atoms with E-state index >= 15 is 0 Å². The summed E-state index contributed by atoms with van der Waals surface area (Å²) in [7, 11) is 3.04. The number of hydrogen-bond acceptors (Lipinski definition) is 7. The molecule has 1 N–H and O–H groups in total. The van der Waals surface area contributed by atoms with Crippen molar-refractivity contribution < 1.29 is 28.5 Å². The van der Waals surface area contributed by atoms with Gasteiger partial charge in [0.15, 0.2) is 23.0 Å². The van der Waals surface area contributed by atoms with Gasteiger partial charge in [-0.2, -0.15) is 0 Å². The first-order valence-electron chi connectivity index (χ1n) is 11.5. The largest absolute Gasteiger partial charge is 0.493 e. The number of carbonyl (C=O) groups excluding carboxylic acids is 1. The van der Waals surface area contributed by atoms with Crippen LogP contribution >= 0.6 is 0 Å². The summed E-state index contributed by atoms with van der Waals surface area (Å²) < 4.78 is 27.6. The molecule has 0 atom stereocenters. The molecule has 0 spiro atoms. The maximum atomic E-state index is 12.7. The highest BCUT2D eigenvalue weighted by Gasteiger charge is 2.32. The van der Waals surface area contributed by atoms with Crippen LogP contribution in [0, 0.1) is 0 Å². The molecule has 0 amide bonds. The third kappa shape index (κ3) is 4.68. The number of carbonyl (C=O) groups is 1.